The maximum Gasteiger partial charge on any atom is 0.330 e. The maximum atomic E-state index is 11.7. The average Bonchev–Trinajstić information content (AvgIpc) is 2.63. The number of amides is 1. The van der Waals surface area contributed by atoms with E-state index in [9.17, 15) is 9.59 Å². The summed E-state index contributed by atoms with van der Waals surface area (Å²) >= 11 is 3.97. The fourth-order valence-electron chi connectivity index (χ4n) is 1.69. The second-order valence-electron chi connectivity index (χ2n) is 3.60. The van der Waals surface area contributed by atoms with Crippen molar-refractivity contribution in [2.45, 2.75) is 18.9 Å². The van der Waals surface area contributed by atoms with E-state index in [4.69, 9.17) is 5.11 Å². The van der Waals surface area contributed by atoms with Crippen LogP contribution in [0.1, 0.15) is 12.8 Å². The summed E-state index contributed by atoms with van der Waals surface area (Å²) in [6.07, 6.45) is 4.22. The Bertz CT molecular complexity index is 338. The highest BCUT2D eigenvalue weighted by atomic mass is 32.1. The van der Waals surface area contributed by atoms with Crippen molar-refractivity contribution in [3.05, 3.63) is 24.3 Å². The van der Waals surface area contributed by atoms with Crippen LogP contribution in [0.25, 0.3) is 0 Å². The van der Waals surface area contributed by atoms with Crippen molar-refractivity contribution in [1.82, 2.24) is 4.90 Å². The lowest BCUT2D eigenvalue weighted by Crippen LogP contribution is -2.41. The standard InChI is InChI=1S/C11H15NO3S/c1-2-3-8-6-9(11(14)15)12(7-8)10(13)4-5-16/h2,6,9,16H,1,3-5,7H2,(H,14,15)/t9-/m0/s1. The first-order valence-electron chi connectivity index (χ1n) is 5.03. The van der Waals surface area contributed by atoms with Gasteiger partial charge in [-0.3, -0.25) is 4.79 Å². The summed E-state index contributed by atoms with van der Waals surface area (Å²) in [4.78, 5) is 24.0. The summed E-state index contributed by atoms with van der Waals surface area (Å²) in [5.74, 6) is -0.734. The van der Waals surface area contributed by atoms with Crippen molar-refractivity contribution in [2.24, 2.45) is 0 Å². The van der Waals surface area contributed by atoms with Gasteiger partial charge in [-0.2, -0.15) is 12.6 Å². The third-order valence-electron chi connectivity index (χ3n) is 2.41. The van der Waals surface area contributed by atoms with Crippen LogP contribution in [0.5, 0.6) is 0 Å². The largest absolute Gasteiger partial charge is 0.479 e. The molecular weight excluding hydrogens is 226 g/mol. The van der Waals surface area contributed by atoms with Gasteiger partial charge in [0.1, 0.15) is 6.04 Å². The molecule has 1 heterocycles. The quantitative estimate of drug-likeness (QED) is 0.560. The molecule has 0 aromatic carbocycles. The Morgan fingerprint density at radius 3 is 2.88 bits per heavy atom. The summed E-state index contributed by atoms with van der Waals surface area (Å²) < 4.78 is 0. The van der Waals surface area contributed by atoms with Crippen molar-refractivity contribution in [2.75, 3.05) is 12.3 Å². The minimum atomic E-state index is -0.994. The number of carbonyl (C=O) groups excluding carboxylic acids is 1. The highest BCUT2D eigenvalue weighted by Crippen LogP contribution is 2.20. The zero-order valence-corrected chi connectivity index (χ0v) is 9.82. The highest BCUT2D eigenvalue weighted by Gasteiger charge is 2.32. The van der Waals surface area contributed by atoms with Gasteiger partial charge in [0.25, 0.3) is 0 Å². The van der Waals surface area contributed by atoms with Gasteiger partial charge in [-0.05, 0) is 23.8 Å². The number of carboxylic acids is 1. The molecule has 1 amide bonds. The smallest absolute Gasteiger partial charge is 0.330 e. The summed E-state index contributed by atoms with van der Waals surface area (Å²) in [5.41, 5.74) is 0.926. The van der Waals surface area contributed by atoms with Crippen LogP contribution in [0.4, 0.5) is 0 Å². The molecule has 0 aromatic rings. The van der Waals surface area contributed by atoms with Crippen LogP contribution in [0.3, 0.4) is 0 Å². The predicted molar refractivity (Wildman–Crippen MR) is 64.5 cm³/mol. The highest BCUT2D eigenvalue weighted by molar-refractivity contribution is 7.80. The Morgan fingerprint density at radius 1 is 1.69 bits per heavy atom. The third kappa shape index (κ3) is 2.88. The molecule has 0 radical (unpaired) electrons. The van der Waals surface area contributed by atoms with Crippen molar-refractivity contribution in [3.63, 3.8) is 0 Å². The molecule has 0 aliphatic carbocycles. The normalized spacial score (nSPS) is 19.4. The van der Waals surface area contributed by atoms with E-state index < -0.39 is 12.0 Å². The first kappa shape index (κ1) is 12.8. The molecule has 1 rings (SSSR count). The van der Waals surface area contributed by atoms with E-state index >= 15 is 0 Å². The molecular formula is C11H15NO3S. The zero-order valence-electron chi connectivity index (χ0n) is 8.93. The van der Waals surface area contributed by atoms with E-state index in [1.165, 1.54) is 4.90 Å². The van der Waals surface area contributed by atoms with E-state index in [1.807, 2.05) is 0 Å². The number of carbonyl (C=O) groups is 2. The number of thiol groups is 1. The summed E-state index contributed by atoms with van der Waals surface area (Å²) in [7, 11) is 0. The Morgan fingerprint density at radius 2 is 2.38 bits per heavy atom. The van der Waals surface area contributed by atoms with Gasteiger partial charge in [0.2, 0.25) is 5.91 Å². The van der Waals surface area contributed by atoms with E-state index in [2.05, 4.69) is 19.2 Å². The number of hydrogen-bond donors (Lipinski definition) is 2. The lowest BCUT2D eigenvalue weighted by Gasteiger charge is -2.21. The van der Waals surface area contributed by atoms with Gasteiger partial charge in [-0.25, -0.2) is 4.79 Å². The molecule has 5 heteroatoms. The van der Waals surface area contributed by atoms with E-state index in [0.29, 0.717) is 18.7 Å². The Hall–Kier alpha value is -1.23. The fraction of sp³-hybridized carbons (Fsp3) is 0.455. The van der Waals surface area contributed by atoms with Crippen LogP contribution in [0.2, 0.25) is 0 Å². The summed E-state index contributed by atoms with van der Waals surface area (Å²) in [5, 5.41) is 9.00. The topological polar surface area (TPSA) is 57.6 Å². The molecule has 0 fully saturated rings. The minimum absolute atomic E-state index is 0.169. The molecule has 88 valence electrons. The molecule has 16 heavy (non-hydrogen) atoms. The number of carboxylic acid groups (broad SMARTS) is 1. The number of rotatable bonds is 5. The molecule has 0 aromatic heterocycles. The Kier molecular flexibility index (Phi) is 4.61. The lowest BCUT2D eigenvalue weighted by molar-refractivity contribution is -0.146. The van der Waals surface area contributed by atoms with Crippen LogP contribution >= 0.6 is 12.6 Å². The predicted octanol–water partition coefficient (Wildman–Crippen LogP) is 1.10. The van der Waals surface area contributed by atoms with Crippen molar-refractivity contribution >= 4 is 24.5 Å². The molecule has 1 N–H and O–H groups in total. The van der Waals surface area contributed by atoms with Gasteiger partial charge in [0, 0.05) is 13.0 Å². The number of hydrogen-bond acceptors (Lipinski definition) is 3. The van der Waals surface area contributed by atoms with Gasteiger partial charge in [-0.15, -0.1) is 6.58 Å². The molecule has 1 aliphatic heterocycles. The molecule has 0 bridgehead atoms. The lowest BCUT2D eigenvalue weighted by atomic mass is 10.2. The van der Waals surface area contributed by atoms with Gasteiger partial charge < -0.3 is 10.0 Å². The molecule has 0 saturated heterocycles. The second kappa shape index (κ2) is 5.75. The minimum Gasteiger partial charge on any atom is -0.479 e. The SMILES string of the molecule is C=CCC1=C[C@@H](C(=O)O)N(C(=O)CCS)C1. The van der Waals surface area contributed by atoms with Crippen LogP contribution in [-0.2, 0) is 9.59 Å². The summed E-state index contributed by atoms with van der Waals surface area (Å²) in [6, 6.07) is -0.831. The van der Waals surface area contributed by atoms with E-state index in [0.717, 1.165) is 5.57 Å². The fourth-order valence-corrected chi connectivity index (χ4v) is 1.88. The van der Waals surface area contributed by atoms with E-state index in [1.54, 1.807) is 12.2 Å². The number of allylic oxidation sites excluding steroid dienone is 1. The molecule has 0 saturated carbocycles. The van der Waals surface area contributed by atoms with E-state index in [-0.39, 0.29) is 12.3 Å². The van der Waals surface area contributed by atoms with Crippen LogP contribution in [0, 0.1) is 0 Å². The van der Waals surface area contributed by atoms with Crippen molar-refractivity contribution in [3.8, 4) is 0 Å². The van der Waals surface area contributed by atoms with Crippen LogP contribution in [-0.4, -0.2) is 40.2 Å². The Labute approximate surface area is 100 Å². The van der Waals surface area contributed by atoms with Gasteiger partial charge in [-0.1, -0.05) is 6.08 Å². The number of aliphatic carboxylic acids is 1. The van der Waals surface area contributed by atoms with Crippen LogP contribution in [0.15, 0.2) is 24.3 Å². The maximum absolute atomic E-state index is 11.7. The second-order valence-corrected chi connectivity index (χ2v) is 4.04. The molecule has 1 aliphatic rings. The molecule has 0 unspecified atom stereocenters. The average molecular weight is 241 g/mol. The van der Waals surface area contributed by atoms with Gasteiger partial charge in [0.05, 0.1) is 0 Å². The molecule has 1 atom stereocenters. The van der Waals surface area contributed by atoms with Gasteiger partial charge >= 0.3 is 5.97 Å². The Balaban J connectivity index is 2.76. The van der Waals surface area contributed by atoms with Crippen molar-refractivity contribution < 1.29 is 14.7 Å². The first-order valence-corrected chi connectivity index (χ1v) is 5.67. The van der Waals surface area contributed by atoms with Crippen LogP contribution < -0.4 is 0 Å². The molecule has 4 nitrogen and oxygen atoms in total. The summed E-state index contributed by atoms with van der Waals surface area (Å²) in [6.45, 7) is 3.98. The third-order valence-corrected chi connectivity index (χ3v) is 2.63. The molecule has 0 spiro atoms. The number of nitrogens with zero attached hydrogens (tertiary/aromatic N) is 1. The van der Waals surface area contributed by atoms with Crippen molar-refractivity contribution in [1.29, 1.82) is 0 Å². The van der Waals surface area contributed by atoms with Gasteiger partial charge in [0.15, 0.2) is 0 Å². The first-order chi connectivity index (χ1) is 7.60. The monoisotopic (exact) mass is 241 g/mol. The zero-order chi connectivity index (χ0) is 12.1.